The van der Waals surface area contributed by atoms with Crippen LogP contribution in [0.1, 0.15) is 39.8 Å². The number of nitrogens with zero attached hydrogens (tertiary/aromatic N) is 3. The van der Waals surface area contributed by atoms with Crippen LogP contribution in [0.2, 0.25) is 0 Å². The highest BCUT2D eigenvalue weighted by Crippen LogP contribution is 2.40. The second kappa shape index (κ2) is 7.29. The molecule has 0 radical (unpaired) electrons. The molecule has 0 saturated carbocycles. The second-order valence-corrected chi connectivity index (χ2v) is 7.41. The summed E-state index contributed by atoms with van der Waals surface area (Å²) in [7, 11) is 0. The van der Waals surface area contributed by atoms with Gasteiger partial charge in [-0.3, -0.25) is 14.2 Å². The lowest BCUT2D eigenvalue weighted by atomic mass is 9.95. The molecule has 1 fully saturated rings. The summed E-state index contributed by atoms with van der Waals surface area (Å²) in [5, 5.41) is 10.2. The van der Waals surface area contributed by atoms with E-state index in [0.29, 0.717) is 23.2 Å². The van der Waals surface area contributed by atoms with E-state index >= 15 is 0 Å². The SMILES string of the molecule is CC[C@H](OC(C)=O)C1C[C@@H]([C@@H](C)O)[C@H](n2c(=O)sc3cnc(N)nc32)O1. The second-order valence-electron chi connectivity index (χ2n) is 6.42. The van der Waals surface area contributed by atoms with Gasteiger partial charge in [0.2, 0.25) is 5.95 Å². The molecule has 0 amide bonds. The molecule has 0 spiro atoms. The van der Waals surface area contributed by atoms with Gasteiger partial charge < -0.3 is 20.3 Å². The summed E-state index contributed by atoms with van der Waals surface area (Å²) < 4.78 is 13.4. The van der Waals surface area contributed by atoms with E-state index in [4.69, 9.17) is 15.2 Å². The summed E-state index contributed by atoms with van der Waals surface area (Å²) in [4.78, 5) is 31.7. The van der Waals surface area contributed by atoms with Crippen LogP contribution in [0.25, 0.3) is 10.3 Å². The van der Waals surface area contributed by atoms with Gasteiger partial charge in [-0.05, 0) is 19.8 Å². The Morgan fingerprint density at radius 2 is 2.35 bits per heavy atom. The first-order valence-corrected chi connectivity index (χ1v) is 9.27. The largest absolute Gasteiger partial charge is 0.460 e. The minimum atomic E-state index is -0.722. The van der Waals surface area contributed by atoms with Gasteiger partial charge in [-0.1, -0.05) is 18.3 Å². The fourth-order valence-corrected chi connectivity index (χ4v) is 4.17. The molecule has 2 aromatic heterocycles. The Morgan fingerprint density at radius 1 is 1.62 bits per heavy atom. The number of fused-ring (bicyclic) bond motifs is 1. The van der Waals surface area contributed by atoms with E-state index in [-0.39, 0.29) is 16.7 Å². The van der Waals surface area contributed by atoms with Crippen molar-refractivity contribution in [3.05, 3.63) is 15.9 Å². The van der Waals surface area contributed by atoms with E-state index in [1.165, 1.54) is 17.7 Å². The number of carbonyl (C=O) groups excluding carboxylic acids is 1. The zero-order valence-electron chi connectivity index (χ0n) is 14.8. The van der Waals surface area contributed by atoms with E-state index in [0.717, 1.165) is 11.3 Å². The van der Waals surface area contributed by atoms with Crippen molar-refractivity contribution in [2.45, 2.75) is 58.2 Å². The molecule has 1 aliphatic rings. The van der Waals surface area contributed by atoms with Crippen LogP contribution in [-0.4, -0.2) is 43.9 Å². The maximum Gasteiger partial charge on any atom is 0.311 e. The number of ether oxygens (including phenoxy) is 2. The number of aromatic nitrogens is 3. The molecule has 142 valence electrons. The molecule has 3 heterocycles. The van der Waals surface area contributed by atoms with E-state index in [2.05, 4.69) is 9.97 Å². The molecule has 10 heteroatoms. The first-order valence-electron chi connectivity index (χ1n) is 8.46. The quantitative estimate of drug-likeness (QED) is 0.734. The fraction of sp³-hybridized carbons (Fsp3) is 0.625. The molecule has 1 unspecified atom stereocenters. The molecule has 5 atom stereocenters. The van der Waals surface area contributed by atoms with Crippen molar-refractivity contribution in [3.63, 3.8) is 0 Å². The van der Waals surface area contributed by atoms with E-state index in [1.807, 2.05) is 6.92 Å². The third-order valence-corrected chi connectivity index (χ3v) is 5.45. The Morgan fingerprint density at radius 3 is 2.96 bits per heavy atom. The van der Waals surface area contributed by atoms with Gasteiger partial charge in [0.25, 0.3) is 0 Å². The number of thiazole rings is 1. The van der Waals surface area contributed by atoms with Crippen LogP contribution in [0.5, 0.6) is 0 Å². The van der Waals surface area contributed by atoms with Crippen molar-refractivity contribution in [2.24, 2.45) is 5.92 Å². The predicted octanol–water partition coefficient (Wildman–Crippen LogP) is 1.06. The minimum absolute atomic E-state index is 0.0542. The summed E-state index contributed by atoms with van der Waals surface area (Å²) in [6, 6.07) is 0. The molecule has 1 aliphatic heterocycles. The standard InChI is InChI=1S/C16H22N4O5S/c1-4-10(24-8(3)22)11-5-9(7(2)21)14(25-11)20-13-12(26-16(20)23)6-18-15(17)19-13/h6-7,9-11,14,21H,4-5H2,1-3H3,(H2,17,18,19)/t7-,9+,10+,11?,14-/m1/s1. The number of aliphatic hydroxyl groups is 1. The van der Waals surface area contributed by atoms with Gasteiger partial charge in [0.1, 0.15) is 12.3 Å². The van der Waals surface area contributed by atoms with Gasteiger partial charge >= 0.3 is 10.8 Å². The molecule has 3 rings (SSSR count). The van der Waals surface area contributed by atoms with Gasteiger partial charge in [-0.2, -0.15) is 4.98 Å². The number of anilines is 1. The Kier molecular flexibility index (Phi) is 5.26. The van der Waals surface area contributed by atoms with Crippen molar-refractivity contribution >= 4 is 33.6 Å². The van der Waals surface area contributed by atoms with E-state index in [9.17, 15) is 14.7 Å². The normalized spacial score (nSPS) is 25.3. The molecule has 1 saturated heterocycles. The maximum absolute atomic E-state index is 12.6. The number of nitrogen functional groups attached to an aromatic ring is 1. The molecule has 2 aromatic rings. The van der Waals surface area contributed by atoms with Crippen LogP contribution in [-0.2, 0) is 14.3 Å². The van der Waals surface area contributed by atoms with Crippen LogP contribution >= 0.6 is 11.3 Å². The predicted molar refractivity (Wildman–Crippen MR) is 95.6 cm³/mol. The monoisotopic (exact) mass is 382 g/mol. The Hall–Kier alpha value is -2.04. The van der Waals surface area contributed by atoms with Crippen molar-refractivity contribution in [1.82, 2.24) is 14.5 Å². The number of rotatable bonds is 5. The van der Waals surface area contributed by atoms with Crippen LogP contribution in [0.3, 0.4) is 0 Å². The highest BCUT2D eigenvalue weighted by atomic mass is 32.1. The van der Waals surface area contributed by atoms with Crippen molar-refractivity contribution in [2.75, 3.05) is 5.73 Å². The summed E-state index contributed by atoms with van der Waals surface area (Å²) >= 11 is 0.994. The number of hydrogen-bond donors (Lipinski definition) is 2. The lowest BCUT2D eigenvalue weighted by Gasteiger charge is -2.23. The molecule has 0 aliphatic carbocycles. The molecule has 9 nitrogen and oxygen atoms in total. The Bertz CT molecular complexity index is 864. The van der Waals surface area contributed by atoms with Gasteiger partial charge in [0.05, 0.1) is 23.1 Å². The summed E-state index contributed by atoms with van der Waals surface area (Å²) in [6.45, 7) is 4.89. The lowest BCUT2D eigenvalue weighted by molar-refractivity contribution is -0.156. The molecule has 0 bridgehead atoms. The lowest BCUT2D eigenvalue weighted by Crippen LogP contribution is -2.31. The average molecular weight is 382 g/mol. The van der Waals surface area contributed by atoms with Crippen molar-refractivity contribution in [1.29, 1.82) is 0 Å². The topological polar surface area (TPSA) is 130 Å². The van der Waals surface area contributed by atoms with Crippen LogP contribution in [0.4, 0.5) is 5.95 Å². The number of carbonyl (C=O) groups is 1. The van der Waals surface area contributed by atoms with Crippen LogP contribution < -0.4 is 10.6 Å². The Labute approximate surface area is 153 Å². The number of aliphatic hydroxyl groups excluding tert-OH is 1. The third-order valence-electron chi connectivity index (χ3n) is 4.57. The zero-order valence-corrected chi connectivity index (χ0v) is 15.6. The summed E-state index contributed by atoms with van der Waals surface area (Å²) in [5.74, 6) is -0.689. The number of nitrogens with two attached hydrogens (primary N) is 1. The zero-order chi connectivity index (χ0) is 19.0. The summed E-state index contributed by atoms with van der Waals surface area (Å²) in [5.41, 5.74) is 6.05. The van der Waals surface area contributed by atoms with Crippen LogP contribution in [0, 0.1) is 5.92 Å². The molecular weight excluding hydrogens is 360 g/mol. The van der Waals surface area contributed by atoms with Gasteiger partial charge in [-0.25, -0.2) is 4.98 Å². The molecular formula is C16H22N4O5S. The van der Waals surface area contributed by atoms with Crippen molar-refractivity contribution in [3.8, 4) is 0 Å². The van der Waals surface area contributed by atoms with Crippen LogP contribution in [0.15, 0.2) is 11.0 Å². The third kappa shape index (κ3) is 3.44. The number of esters is 1. The Balaban J connectivity index is 2.00. The fourth-order valence-electron chi connectivity index (χ4n) is 3.36. The maximum atomic E-state index is 12.6. The smallest absolute Gasteiger partial charge is 0.311 e. The molecule has 26 heavy (non-hydrogen) atoms. The van der Waals surface area contributed by atoms with Crippen molar-refractivity contribution < 1.29 is 19.4 Å². The minimum Gasteiger partial charge on any atom is -0.460 e. The van der Waals surface area contributed by atoms with Gasteiger partial charge in [0.15, 0.2) is 5.65 Å². The van der Waals surface area contributed by atoms with E-state index in [1.54, 1.807) is 6.92 Å². The first-order chi connectivity index (χ1) is 12.3. The number of hydrogen-bond acceptors (Lipinski definition) is 9. The molecule has 3 N–H and O–H groups in total. The van der Waals surface area contributed by atoms with Gasteiger partial charge in [0, 0.05) is 12.8 Å². The molecule has 0 aromatic carbocycles. The van der Waals surface area contributed by atoms with Gasteiger partial charge in [-0.15, -0.1) is 0 Å². The summed E-state index contributed by atoms with van der Waals surface area (Å²) in [6.07, 6.45) is 0.211. The highest BCUT2D eigenvalue weighted by Gasteiger charge is 2.44. The average Bonchev–Trinajstić information content (AvgIpc) is 3.12. The van der Waals surface area contributed by atoms with E-state index < -0.39 is 30.5 Å². The highest BCUT2D eigenvalue weighted by molar-refractivity contribution is 7.16. The first kappa shape index (κ1) is 18.7.